The van der Waals surface area contributed by atoms with Crippen molar-refractivity contribution in [3.63, 3.8) is 0 Å². The SMILES string of the molecule is CC(Cc1cccs1)NC(=O)NC(CCO)C(C)C. The summed E-state index contributed by atoms with van der Waals surface area (Å²) in [7, 11) is 0. The first kappa shape index (κ1) is 16.0. The average Bonchev–Trinajstić information content (AvgIpc) is 2.80. The van der Waals surface area contributed by atoms with Crippen molar-refractivity contribution < 1.29 is 9.90 Å². The average molecular weight is 284 g/mol. The van der Waals surface area contributed by atoms with Gasteiger partial charge in [0.2, 0.25) is 0 Å². The predicted molar refractivity (Wildman–Crippen MR) is 79.5 cm³/mol. The van der Waals surface area contributed by atoms with Gasteiger partial charge >= 0.3 is 6.03 Å². The molecular formula is C14H24N2O2S. The summed E-state index contributed by atoms with van der Waals surface area (Å²) in [5.74, 6) is 0.311. The van der Waals surface area contributed by atoms with Gasteiger partial charge < -0.3 is 15.7 Å². The number of aliphatic hydroxyl groups is 1. The van der Waals surface area contributed by atoms with Crippen LogP contribution < -0.4 is 10.6 Å². The van der Waals surface area contributed by atoms with Gasteiger partial charge in [0.15, 0.2) is 0 Å². The highest BCUT2D eigenvalue weighted by molar-refractivity contribution is 7.09. The first-order valence-corrected chi connectivity index (χ1v) is 7.61. The molecule has 0 saturated carbocycles. The second-order valence-electron chi connectivity index (χ2n) is 5.17. The number of thiophene rings is 1. The molecule has 0 bridgehead atoms. The van der Waals surface area contributed by atoms with E-state index in [1.165, 1.54) is 4.88 Å². The van der Waals surface area contributed by atoms with Crippen molar-refractivity contribution in [1.29, 1.82) is 0 Å². The Morgan fingerprint density at radius 2 is 2.11 bits per heavy atom. The van der Waals surface area contributed by atoms with Crippen LogP contribution in [0.1, 0.15) is 32.1 Å². The van der Waals surface area contributed by atoms with E-state index < -0.39 is 0 Å². The van der Waals surface area contributed by atoms with Crippen LogP contribution in [0, 0.1) is 5.92 Å². The maximum atomic E-state index is 11.9. The number of hydrogen-bond acceptors (Lipinski definition) is 3. The molecule has 0 aliphatic heterocycles. The molecule has 1 aromatic rings. The minimum Gasteiger partial charge on any atom is -0.396 e. The third-order valence-corrected chi connectivity index (χ3v) is 3.93. The van der Waals surface area contributed by atoms with Crippen LogP contribution in [0.5, 0.6) is 0 Å². The number of urea groups is 1. The highest BCUT2D eigenvalue weighted by Crippen LogP contribution is 2.11. The first-order chi connectivity index (χ1) is 9.02. The number of aliphatic hydroxyl groups excluding tert-OH is 1. The maximum absolute atomic E-state index is 11.9. The lowest BCUT2D eigenvalue weighted by molar-refractivity contribution is 0.216. The lowest BCUT2D eigenvalue weighted by Gasteiger charge is -2.23. The van der Waals surface area contributed by atoms with E-state index in [1.54, 1.807) is 11.3 Å². The van der Waals surface area contributed by atoms with Gasteiger partial charge in [-0.05, 0) is 30.7 Å². The summed E-state index contributed by atoms with van der Waals surface area (Å²) in [4.78, 5) is 13.1. The molecule has 0 aromatic carbocycles. The Morgan fingerprint density at radius 3 is 2.63 bits per heavy atom. The fourth-order valence-corrected chi connectivity index (χ4v) is 2.76. The molecule has 0 spiro atoms. The van der Waals surface area contributed by atoms with Crippen molar-refractivity contribution >= 4 is 17.4 Å². The van der Waals surface area contributed by atoms with Gasteiger partial charge in [-0.3, -0.25) is 0 Å². The molecule has 4 nitrogen and oxygen atoms in total. The summed E-state index contributed by atoms with van der Waals surface area (Å²) in [5.41, 5.74) is 0. The van der Waals surface area contributed by atoms with Gasteiger partial charge in [0.1, 0.15) is 0 Å². The molecule has 2 amide bonds. The number of nitrogens with one attached hydrogen (secondary N) is 2. The number of amides is 2. The molecule has 1 rings (SSSR count). The largest absolute Gasteiger partial charge is 0.396 e. The van der Waals surface area contributed by atoms with Crippen LogP contribution in [0.2, 0.25) is 0 Å². The molecule has 1 heterocycles. The van der Waals surface area contributed by atoms with E-state index in [-0.39, 0.29) is 24.7 Å². The molecule has 19 heavy (non-hydrogen) atoms. The van der Waals surface area contributed by atoms with Crippen LogP contribution in [0.15, 0.2) is 17.5 Å². The highest BCUT2D eigenvalue weighted by Gasteiger charge is 2.16. The topological polar surface area (TPSA) is 61.4 Å². The summed E-state index contributed by atoms with van der Waals surface area (Å²) in [6, 6.07) is 4.04. The van der Waals surface area contributed by atoms with Crippen LogP contribution in [-0.2, 0) is 6.42 Å². The zero-order chi connectivity index (χ0) is 14.3. The summed E-state index contributed by atoms with van der Waals surface area (Å²) in [5, 5.41) is 16.9. The maximum Gasteiger partial charge on any atom is 0.315 e. The van der Waals surface area contributed by atoms with Crippen LogP contribution in [0.4, 0.5) is 4.79 Å². The Labute approximate surface area is 119 Å². The van der Waals surface area contributed by atoms with Crippen LogP contribution in [-0.4, -0.2) is 29.8 Å². The van der Waals surface area contributed by atoms with Gasteiger partial charge in [-0.1, -0.05) is 19.9 Å². The summed E-state index contributed by atoms with van der Waals surface area (Å²) in [6.45, 7) is 6.16. The van der Waals surface area contributed by atoms with E-state index in [2.05, 4.69) is 16.7 Å². The Bertz CT molecular complexity index is 366. The van der Waals surface area contributed by atoms with Crippen molar-refractivity contribution in [2.24, 2.45) is 5.92 Å². The lowest BCUT2D eigenvalue weighted by atomic mass is 10.0. The van der Waals surface area contributed by atoms with Crippen molar-refractivity contribution in [3.05, 3.63) is 22.4 Å². The summed E-state index contributed by atoms with van der Waals surface area (Å²) < 4.78 is 0. The smallest absolute Gasteiger partial charge is 0.315 e. The zero-order valence-corrected chi connectivity index (χ0v) is 12.7. The second-order valence-corrected chi connectivity index (χ2v) is 6.20. The number of carbonyl (C=O) groups excluding carboxylic acids is 1. The third kappa shape index (κ3) is 6.07. The molecule has 0 saturated heterocycles. The van der Waals surface area contributed by atoms with Crippen LogP contribution >= 0.6 is 11.3 Å². The molecule has 0 aliphatic rings. The molecule has 1 aromatic heterocycles. The molecule has 2 atom stereocenters. The third-order valence-electron chi connectivity index (χ3n) is 3.03. The van der Waals surface area contributed by atoms with Crippen molar-refractivity contribution in [2.45, 2.75) is 45.7 Å². The minimum atomic E-state index is -0.156. The molecular weight excluding hydrogens is 260 g/mol. The molecule has 0 aliphatic carbocycles. The van der Waals surface area contributed by atoms with E-state index in [4.69, 9.17) is 5.11 Å². The highest BCUT2D eigenvalue weighted by atomic mass is 32.1. The number of hydrogen-bond donors (Lipinski definition) is 3. The van der Waals surface area contributed by atoms with E-state index in [1.807, 2.05) is 32.2 Å². The standard InChI is InChI=1S/C14H24N2O2S/c1-10(2)13(6-7-17)16-14(18)15-11(3)9-12-5-4-8-19-12/h4-5,8,10-11,13,17H,6-7,9H2,1-3H3,(H2,15,16,18). The van der Waals surface area contributed by atoms with Crippen LogP contribution in [0.25, 0.3) is 0 Å². The normalized spacial score (nSPS) is 14.2. The monoisotopic (exact) mass is 284 g/mol. The quantitative estimate of drug-likeness (QED) is 0.720. The Balaban J connectivity index is 2.36. The predicted octanol–water partition coefficient (Wildman–Crippen LogP) is 2.39. The fraction of sp³-hybridized carbons (Fsp3) is 0.643. The zero-order valence-electron chi connectivity index (χ0n) is 11.8. The van der Waals surface area contributed by atoms with Crippen LogP contribution in [0.3, 0.4) is 0 Å². The van der Waals surface area contributed by atoms with Gasteiger partial charge in [-0.2, -0.15) is 0 Å². The van der Waals surface area contributed by atoms with Gasteiger partial charge in [0, 0.05) is 30.0 Å². The molecule has 0 fully saturated rings. The van der Waals surface area contributed by atoms with Crippen molar-refractivity contribution in [3.8, 4) is 0 Å². The Kier molecular flexibility index (Phi) is 6.87. The molecule has 108 valence electrons. The van der Waals surface area contributed by atoms with E-state index in [9.17, 15) is 4.79 Å². The van der Waals surface area contributed by atoms with E-state index in [0.29, 0.717) is 12.3 Å². The Morgan fingerprint density at radius 1 is 1.37 bits per heavy atom. The first-order valence-electron chi connectivity index (χ1n) is 6.73. The summed E-state index contributed by atoms with van der Waals surface area (Å²) >= 11 is 1.70. The molecule has 2 unspecified atom stereocenters. The molecule has 0 radical (unpaired) electrons. The van der Waals surface area contributed by atoms with E-state index >= 15 is 0 Å². The van der Waals surface area contributed by atoms with Gasteiger partial charge in [0.05, 0.1) is 0 Å². The summed E-state index contributed by atoms with van der Waals surface area (Å²) in [6.07, 6.45) is 1.43. The van der Waals surface area contributed by atoms with Gasteiger partial charge in [-0.15, -0.1) is 11.3 Å². The Hall–Kier alpha value is -1.07. The van der Waals surface area contributed by atoms with Crippen molar-refractivity contribution in [1.82, 2.24) is 10.6 Å². The molecule has 5 heteroatoms. The van der Waals surface area contributed by atoms with Gasteiger partial charge in [-0.25, -0.2) is 4.79 Å². The van der Waals surface area contributed by atoms with Crippen molar-refractivity contribution in [2.75, 3.05) is 6.61 Å². The van der Waals surface area contributed by atoms with Gasteiger partial charge in [0.25, 0.3) is 0 Å². The fourth-order valence-electron chi connectivity index (χ4n) is 1.93. The second kappa shape index (κ2) is 8.17. The van der Waals surface area contributed by atoms with E-state index in [0.717, 1.165) is 6.42 Å². The minimum absolute atomic E-state index is 0.0129. The molecule has 3 N–H and O–H groups in total. The lowest BCUT2D eigenvalue weighted by Crippen LogP contribution is -2.48. The number of rotatable bonds is 7. The number of carbonyl (C=O) groups is 1.